The van der Waals surface area contributed by atoms with Gasteiger partial charge in [-0.2, -0.15) is 0 Å². The molecule has 2 aromatic rings. The molecule has 0 atom stereocenters. The van der Waals surface area contributed by atoms with Gasteiger partial charge in [0.25, 0.3) is 0 Å². The van der Waals surface area contributed by atoms with Gasteiger partial charge in [-0.3, -0.25) is 4.79 Å². The van der Waals surface area contributed by atoms with E-state index < -0.39 is 5.97 Å². The van der Waals surface area contributed by atoms with E-state index in [4.69, 9.17) is 4.74 Å². The van der Waals surface area contributed by atoms with E-state index in [2.05, 4.69) is 4.74 Å². The molecular weight excluding hydrogens is 292 g/mol. The lowest BCUT2D eigenvalue weighted by atomic mass is 10.1. The summed E-state index contributed by atoms with van der Waals surface area (Å²) in [6.45, 7) is 0. The number of esters is 1. The standard InChI is InChI=1S/C19H14O4/c1-22-19(21)14-10-11-16-15(12-14)18(20)17(23-16)9-5-8-13-6-3-2-4-7-13/h2-12H,1H3. The Hall–Kier alpha value is -3.14. The third kappa shape index (κ3) is 3.06. The Bertz CT molecular complexity index is 817. The van der Waals surface area contributed by atoms with E-state index in [-0.39, 0.29) is 11.5 Å². The first-order chi connectivity index (χ1) is 11.2. The van der Waals surface area contributed by atoms with E-state index in [1.165, 1.54) is 13.2 Å². The number of carbonyl (C=O) groups is 2. The number of benzene rings is 2. The number of rotatable bonds is 3. The Morgan fingerprint density at radius 1 is 1.13 bits per heavy atom. The highest BCUT2D eigenvalue weighted by Gasteiger charge is 2.27. The summed E-state index contributed by atoms with van der Waals surface area (Å²) in [6, 6.07) is 14.4. The van der Waals surface area contributed by atoms with Crippen molar-refractivity contribution < 1.29 is 19.1 Å². The highest BCUT2D eigenvalue weighted by atomic mass is 16.5. The molecule has 0 N–H and O–H groups in total. The summed E-state index contributed by atoms with van der Waals surface area (Å²) in [5, 5.41) is 0. The number of Topliss-reactive ketones (excluding diaryl/α,β-unsaturated/α-hetero) is 1. The van der Waals surface area contributed by atoms with Crippen LogP contribution in [0.4, 0.5) is 0 Å². The Morgan fingerprint density at radius 3 is 2.65 bits per heavy atom. The molecule has 0 spiro atoms. The summed E-state index contributed by atoms with van der Waals surface area (Å²) in [5.41, 5.74) is 1.72. The van der Waals surface area contributed by atoms with Crippen LogP contribution in [0.2, 0.25) is 0 Å². The highest BCUT2D eigenvalue weighted by Crippen LogP contribution is 2.31. The summed E-state index contributed by atoms with van der Waals surface area (Å²) in [6.07, 6.45) is 5.26. The Balaban J connectivity index is 1.82. The fourth-order valence-electron chi connectivity index (χ4n) is 2.26. The normalized spacial score (nSPS) is 14.8. The summed E-state index contributed by atoms with van der Waals surface area (Å²) in [7, 11) is 1.30. The van der Waals surface area contributed by atoms with E-state index in [9.17, 15) is 9.59 Å². The van der Waals surface area contributed by atoms with Gasteiger partial charge in [-0.05, 0) is 29.8 Å². The molecule has 4 nitrogen and oxygen atoms in total. The zero-order valence-electron chi connectivity index (χ0n) is 12.5. The van der Waals surface area contributed by atoms with Gasteiger partial charge in [0.05, 0.1) is 18.2 Å². The summed E-state index contributed by atoms with van der Waals surface area (Å²) >= 11 is 0. The minimum Gasteiger partial charge on any atom is -0.465 e. The van der Waals surface area contributed by atoms with Crippen LogP contribution in [-0.4, -0.2) is 18.9 Å². The second-order valence-corrected chi connectivity index (χ2v) is 4.93. The molecule has 0 bridgehead atoms. The van der Waals surface area contributed by atoms with Crippen molar-refractivity contribution in [3.63, 3.8) is 0 Å². The number of hydrogen-bond donors (Lipinski definition) is 0. The fraction of sp³-hybridized carbons (Fsp3) is 0.0526. The molecule has 4 heteroatoms. The summed E-state index contributed by atoms with van der Waals surface area (Å²) < 4.78 is 10.2. The fourth-order valence-corrected chi connectivity index (χ4v) is 2.26. The number of hydrogen-bond acceptors (Lipinski definition) is 4. The third-order valence-corrected chi connectivity index (χ3v) is 3.42. The van der Waals surface area contributed by atoms with Crippen LogP contribution in [0.5, 0.6) is 5.75 Å². The molecular formula is C19H14O4. The van der Waals surface area contributed by atoms with Crippen LogP contribution in [0.15, 0.2) is 66.4 Å². The van der Waals surface area contributed by atoms with Crippen LogP contribution < -0.4 is 4.74 Å². The molecule has 2 aromatic carbocycles. The van der Waals surface area contributed by atoms with Crippen molar-refractivity contribution in [1.82, 2.24) is 0 Å². The minimum absolute atomic E-state index is 0.231. The van der Waals surface area contributed by atoms with Crippen molar-refractivity contribution in [3.05, 3.63) is 83.1 Å². The molecule has 0 aliphatic carbocycles. The first-order valence-electron chi connectivity index (χ1n) is 7.07. The first-order valence-corrected chi connectivity index (χ1v) is 7.07. The molecule has 3 rings (SSSR count). The lowest BCUT2D eigenvalue weighted by Crippen LogP contribution is -2.02. The second kappa shape index (κ2) is 6.32. The van der Waals surface area contributed by atoms with Gasteiger partial charge in [0.2, 0.25) is 5.78 Å². The van der Waals surface area contributed by atoms with E-state index >= 15 is 0 Å². The molecule has 0 amide bonds. The first kappa shape index (κ1) is 14.8. The molecule has 114 valence electrons. The van der Waals surface area contributed by atoms with E-state index in [1.54, 1.807) is 24.3 Å². The van der Waals surface area contributed by atoms with Crippen LogP contribution >= 0.6 is 0 Å². The molecule has 0 radical (unpaired) electrons. The maximum Gasteiger partial charge on any atom is 0.337 e. The molecule has 1 aliphatic heterocycles. The molecule has 23 heavy (non-hydrogen) atoms. The lowest BCUT2D eigenvalue weighted by Gasteiger charge is -2.00. The van der Waals surface area contributed by atoms with Crippen LogP contribution in [-0.2, 0) is 4.74 Å². The van der Waals surface area contributed by atoms with Crippen molar-refractivity contribution in [2.24, 2.45) is 0 Å². The Kier molecular flexibility index (Phi) is 4.06. The predicted octanol–water partition coefficient (Wildman–Crippen LogP) is 3.65. The lowest BCUT2D eigenvalue weighted by molar-refractivity contribution is 0.0600. The number of carbonyl (C=O) groups excluding carboxylic acids is 2. The van der Waals surface area contributed by atoms with Gasteiger partial charge < -0.3 is 9.47 Å². The van der Waals surface area contributed by atoms with Crippen molar-refractivity contribution in [3.8, 4) is 5.75 Å². The molecule has 1 aliphatic rings. The topological polar surface area (TPSA) is 52.6 Å². The molecule has 0 aromatic heterocycles. The second-order valence-electron chi connectivity index (χ2n) is 4.93. The number of fused-ring (bicyclic) bond motifs is 1. The van der Waals surface area contributed by atoms with Crippen molar-refractivity contribution in [1.29, 1.82) is 0 Å². The monoisotopic (exact) mass is 306 g/mol. The molecule has 0 saturated carbocycles. The van der Waals surface area contributed by atoms with Gasteiger partial charge in [-0.25, -0.2) is 4.79 Å². The van der Waals surface area contributed by atoms with E-state index in [0.717, 1.165) is 5.56 Å². The number of ketones is 1. The highest BCUT2D eigenvalue weighted by molar-refractivity contribution is 6.13. The predicted molar refractivity (Wildman–Crippen MR) is 86.3 cm³/mol. The average Bonchev–Trinajstić information content (AvgIpc) is 2.91. The van der Waals surface area contributed by atoms with Gasteiger partial charge in [0, 0.05) is 0 Å². The average molecular weight is 306 g/mol. The maximum atomic E-state index is 12.3. The number of ether oxygens (including phenoxy) is 2. The van der Waals surface area contributed by atoms with Crippen molar-refractivity contribution in [2.75, 3.05) is 7.11 Å². The van der Waals surface area contributed by atoms with Crippen LogP contribution in [0, 0.1) is 0 Å². The zero-order chi connectivity index (χ0) is 16.2. The van der Waals surface area contributed by atoms with Crippen LogP contribution in [0.25, 0.3) is 6.08 Å². The van der Waals surface area contributed by atoms with E-state index in [1.807, 2.05) is 36.4 Å². The molecule has 1 heterocycles. The SMILES string of the molecule is COC(=O)c1ccc2c(c1)C(=O)C(=CC=Cc1ccccc1)O2. The van der Waals surface area contributed by atoms with Gasteiger partial charge in [0.1, 0.15) is 5.75 Å². The molecule has 0 saturated heterocycles. The summed E-state index contributed by atoms with van der Waals surface area (Å²) in [5.74, 6) is -0.0540. The van der Waals surface area contributed by atoms with Crippen molar-refractivity contribution >= 4 is 17.8 Å². The zero-order valence-corrected chi connectivity index (χ0v) is 12.5. The number of methoxy groups -OCH3 is 1. The van der Waals surface area contributed by atoms with Gasteiger partial charge in [-0.1, -0.05) is 42.5 Å². The Morgan fingerprint density at radius 2 is 1.91 bits per heavy atom. The van der Waals surface area contributed by atoms with Gasteiger partial charge >= 0.3 is 5.97 Å². The quantitative estimate of drug-likeness (QED) is 0.641. The van der Waals surface area contributed by atoms with Crippen molar-refractivity contribution in [2.45, 2.75) is 0 Å². The minimum atomic E-state index is -0.484. The molecule has 0 fully saturated rings. The van der Waals surface area contributed by atoms with Gasteiger partial charge in [0.15, 0.2) is 5.76 Å². The molecule has 0 unspecified atom stereocenters. The van der Waals surface area contributed by atoms with E-state index in [0.29, 0.717) is 16.9 Å². The van der Waals surface area contributed by atoms with Crippen LogP contribution in [0.3, 0.4) is 0 Å². The summed E-state index contributed by atoms with van der Waals surface area (Å²) in [4.78, 5) is 23.9. The third-order valence-electron chi connectivity index (χ3n) is 3.42. The smallest absolute Gasteiger partial charge is 0.337 e. The Labute approximate surface area is 133 Å². The maximum absolute atomic E-state index is 12.3. The van der Waals surface area contributed by atoms with Crippen LogP contribution in [0.1, 0.15) is 26.3 Å². The largest absolute Gasteiger partial charge is 0.465 e. The number of allylic oxidation sites excluding steroid dienone is 3. The van der Waals surface area contributed by atoms with Gasteiger partial charge in [-0.15, -0.1) is 0 Å².